The summed E-state index contributed by atoms with van der Waals surface area (Å²) in [6.45, 7) is 12.4. The van der Waals surface area contributed by atoms with Gasteiger partial charge >= 0.3 is 0 Å². The van der Waals surface area contributed by atoms with Gasteiger partial charge in [0.05, 0.1) is 0 Å². The second kappa shape index (κ2) is 6.70. The molecule has 1 aromatic carbocycles. The minimum absolute atomic E-state index is 0.841. The van der Waals surface area contributed by atoms with Crippen molar-refractivity contribution in [3.8, 4) is 0 Å². The van der Waals surface area contributed by atoms with Gasteiger partial charge in [0.15, 0.2) is 0 Å². The molecule has 3 heteroatoms. The SMILES string of the molecule is CCCN(Cc1cc(C)cc(C)c1)c1nc(C)cc(C)n1. The Balaban J connectivity index is 2.30. The molecule has 0 unspecified atom stereocenters. The fraction of sp³-hybridized carbons (Fsp3) is 0.444. The Morgan fingerprint density at radius 1 is 0.857 bits per heavy atom. The maximum atomic E-state index is 4.61. The molecule has 2 rings (SSSR count). The maximum Gasteiger partial charge on any atom is 0.226 e. The highest BCUT2D eigenvalue weighted by Gasteiger charge is 2.11. The summed E-state index contributed by atoms with van der Waals surface area (Å²) in [6, 6.07) is 8.72. The van der Waals surface area contributed by atoms with Gasteiger partial charge in [0.2, 0.25) is 5.95 Å². The average Bonchev–Trinajstić information content (AvgIpc) is 2.35. The molecule has 0 saturated heterocycles. The van der Waals surface area contributed by atoms with Crippen molar-refractivity contribution in [2.75, 3.05) is 11.4 Å². The summed E-state index contributed by atoms with van der Waals surface area (Å²) in [7, 11) is 0. The van der Waals surface area contributed by atoms with Crippen LogP contribution in [0.2, 0.25) is 0 Å². The quantitative estimate of drug-likeness (QED) is 0.826. The number of hydrogen-bond acceptors (Lipinski definition) is 3. The zero-order valence-electron chi connectivity index (χ0n) is 13.8. The highest BCUT2D eigenvalue weighted by atomic mass is 15.2. The Bertz CT molecular complexity index is 579. The lowest BCUT2D eigenvalue weighted by atomic mass is 10.1. The van der Waals surface area contributed by atoms with Gasteiger partial charge in [-0.3, -0.25) is 0 Å². The van der Waals surface area contributed by atoms with E-state index in [1.807, 2.05) is 19.9 Å². The molecule has 0 amide bonds. The lowest BCUT2D eigenvalue weighted by Gasteiger charge is -2.23. The van der Waals surface area contributed by atoms with Crippen LogP contribution in [0.25, 0.3) is 0 Å². The molecular formula is C18H25N3. The number of benzene rings is 1. The number of aromatic nitrogens is 2. The molecule has 112 valence electrons. The van der Waals surface area contributed by atoms with Crippen LogP contribution in [0.1, 0.15) is 41.4 Å². The Hall–Kier alpha value is -1.90. The summed E-state index contributed by atoms with van der Waals surface area (Å²) in [5.41, 5.74) is 5.99. The summed E-state index contributed by atoms with van der Waals surface area (Å²) in [5, 5.41) is 0. The van der Waals surface area contributed by atoms with Crippen LogP contribution in [0.3, 0.4) is 0 Å². The summed E-state index contributed by atoms with van der Waals surface area (Å²) in [5.74, 6) is 0.841. The second-order valence-electron chi connectivity index (χ2n) is 5.87. The molecule has 0 fully saturated rings. The molecule has 0 bridgehead atoms. The molecule has 1 aromatic heterocycles. The molecule has 3 nitrogen and oxygen atoms in total. The van der Waals surface area contributed by atoms with E-state index in [-0.39, 0.29) is 0 Å². The largest absolute Gasteiger partial charge is 0.336 e. The first kappa shape index (κ1) is 15.5. The van der Waals surface area contributed by atoms with Crippen molar-refractivity contribution in [1.29, 1.82) is 0 Å². The molecule has 0 radical (unpaired) electrons. The molecular weight excluding hydrogens is 258 g/mol. The predicted molar refractivity (Wildman–Crippen MR) is 88.8 cm³/mol. The van der Waals surface area contributed by atoms with Crippen LogP contribution in [-0.4, -0.2) is 16.5 Å². The van der Waals surface area contributed by atoms with Crippen molar-refractivity contribution >= 4 is 5.95 Å². The van der Waals surface area contributed by atoms with Gasteiger partial charge in [-0.2, -0.15) is 0 Å². The first-order valence-corrected chi connectivity index (χ1v) is 7.62. The minimum Gasteiger partial charge on any atom is -0.336 e. The fourth-order valence-electron chi connectivity index (χ4n) is 2.75. The third-order valence-corrected chi connectivity index (χ3v) is 3.40. The summed E-state index contributed by atoms with van der Waals surface area (Å²) in [6.07, 6.45) is 1.08. The summed E-state index contributed by atoms with van der Waals surface area (Å²) >= 11 is 0. The monoisotopic (exact) mass is 283 g/mol. The van der Waals surface area contributed by atoms with Crippen molar-refractivity contribution in [3.05, 3.63) is 52.3 Å². The van der Waals surface area contributed by atoms with Crippen LogP contribution in [0, 0.1) is 27.7 Å². The lowest BCUT2D eigenvalue weighted by molar-refractivity contribution is 0.733. The zero-order valence-corrected chi connectivity index (χ0v) is 13.8. The van der Waals surface area contributed by atoms with Gasteiger partial charge < -0.3 is 4.90 Å². The van der Waals surface area contributed by atoms with E-state index < -0.39 is 0 Å². The smallest absolute Gasteiger partial charge is 0.226 e. The molecule has 2 aromatic rings. The molecule has 21 heavy (non-hydrogen) atoms. The Labute approximate surface area is 128 Å². The molecule has 0 aliphatic carbocycles. The lowest BCUT2D eigenvalue weighted by Crippen LogP contribution is -2.26. The van der Waals surface area contributed by atoms with E-state index in [9.17, 15) is 0 Å². The first-order valence-electron chi connectivity index (χ1n) is 7.62. The van der Waals surface area contributed by atoms with E-state index >= 15 is 0 Å². The van der Waals surface area contributed by atoms with Gasteiger partial charge in [-0.15, -0.1) is 0 Å². The van der Waals surface area contributed by atoms with Crippen LogP contribution >= 0.6 is 0 Å². The average molecular weight is 283 g/mol. The Morgan fingerprint density at radius 3 is 1.95 bits per heavy atom. The topological polar surface area (TPSA) is 29.0 Å². The fourth-order valence-corrected chi connectivity index (χ4v) is 2.75. The molecule has 0 aliphatic rings. The van der Waals surface area contributed by atoms with Crippen molar-refractivity contribution in [1.82, 2.24) is 9.97 Å². The van der Waals surface area contributed by atoms with Crippen LogP contribution in [0.5, 0.6) is 0 Å². The van der Waals surface area contributed by atoms with E-state index in [0.29, 0.717) is 0 Å². The number of hydrogen-bond donors (Lipinski definition) is 0. The summed E-state index contributed by atoms with van der Waals surface area (Å²) in [4.78, 5) is 11.5. The first-order chi connectivity index (χ1) is 9.97. The van der Waals surface area contributed by atoms with Gasteiger partial charge in [-0.05, 0) is 45.7 Å². The standard InChI is InChI=1S/C18H25N3/c1-6-7-21(18-19-15(4)11-16(5)20-18)12-17-9-13(2)8-14(3)10-17/h8-11H,6-7,12H2,1-5H3. The Morgan fingerprint density at radius 2 is 1.43 bits per heavy atom. The molecule has 0 aliphatic heterocycles. The van der Waals surface area contributed by atoms with Gasteiger partial charge in [0.1, 0.15) is 0 Å². The highest BCUT2D eigenvalue weighted by Crippen LogP contribution is 2.16. The zero-order chi connectivity index (χ0) is 15.4. The molecule has 1 heterocycles. The third kappa shape index (κ3) is 4.28. The maximum absolute atomic E-state index is 4.61. The molecule has 0 N–H and O–H groups in total. The van der Waals surface area contributed by atoms with Crippen LogP contribution < -0.4 is 4.90 Å². The summed E-state index contributed by atoms with van der Waals surface area (Å²) < 4.78 is 0. The second-order valence-corrected chi connectivity index (χ2v) is 5.87. The van der Waals surface area contributed by atoms with Gasteiger partial charge in [-0.25, -0.2) is 9.97 Å². The van der Waals surface area contributed by atoms with E-state index in [0.717, 1.165) is 36.8 Å². The van der Waals surface area contributed by atoms with Crippen LogP contribution in [0.15, 0.2) is 24.3 Å². The number of nitrogens with zero attached hydrogens (tertiary/aromatic N) is 3. The van der Waals surface area contributed by atoms with E-state index in [2.05, 4.69) is 53.8 Å². The predicted octanol–water partition coefficient (Wildman–Crippen LogP) is 4.13. The number of aryl methyl sites for hydroxylation is 4. The Kier molecular flexibility index (Phi) is 4.94. The molecule has 0 saturated carbocycles. The number of anilines is 1. The third-order valence-electron chi connectivity index (χ3n) is 3.40. The molecule has 0 atom stereocenters. The van der Waals surface area contributed by atoms with Gasteiger partial charge in [0, 0.05) is 24.5 Å². The van der Waals surface area contributed by atoms with Crippen molar-refractivity contribution < 1.29 is 0 Å². The van der Waals surface area contributed by atoms with Crippen LogP contribution in [-0.2, 0) is 6.54 Å². The van der Waals surface area contributed by atoms with Crippen LogP contribution in [0.4, 0.5) is 5.95 Å². The van der Waals surface area contributed by atoms with E-state index in [1.54, 1.807) is 0 Å². The molecule has 0 spiro atoms. The van der Waals surface area contributed by atoms with E-state index in [4.69, 9.17) is 0 Å². The van der Waals surface area contributed by atoms with Gasteiger partial charge in [-0.1, -0.05) is 36.2 Å². The van der Waals surface area contributed by atoms with Crippen molar-refractivity contribution in [3.63, 3.8) is 0 Å². The van der Waals surface area contributed by atoms with Gasteiger partial charge in [0.25, 0.3) is 0 Å². The normalized spacial score (nSPS) is 10.7. The highest BCUT2D eigenvalue weighted by molar-refractivity contribution is 5.36. The van der Waals surface area contributed by atoms with Crippen molar-refractivity contribution in [2.45, 2.75) is 47.6 Å². The number of rotatable bonds is 5. The van der Waals surface area contributed by atoms with E-state index in [1.165, 1.54) is 16.7 Å². The van der Waals surface area contributed by atoms with Crippen molar-refractivity contribution in [2.24, 2.45) is 0 Å². The minimum atomic E-state index is 0.841.